The Balaban J connectivity index is 1.67. The van der Waals surface area contributed by atoms with E-state index in [1.807, 2.05) is 25.4 Å². The molecule has 0 amide bonds. The van der Waals surface area contributed by atoms with Crippen LogP contribution in [0.1, 0.15) is 51.0 Å². The summed E-state index contributed by atoms with van der Waals surface area (Å²) in [7, 11) is 2.00. The Kier molecular flexibility index (Phi) is 6.54. The van der Waals surface area contributed by atoms with Crippen LogP contribution in [0.4, 0.5) is 4.39 Å². The highest BCUT2D eigenvalue weighted by atomic mass is 19.1. The lowest BCUT2D eigenvalue weighted by Crippen LogP contribution is -1.98. The van der Waals surface area contributed by atoms with Gasteiger partial charge in [-0.2, -0.15) is 0 Å². The molecule has 144 valence electrons. The SMILES string of the molecule is CCCCCCCCOc1ccc(-c2cn(C)c3cc(C)ccc23)c(F)c1. The van der Waals surface area contributed by atoms with Crippen molar-refractivity contribution in [2.45, 2.75) is 52.4 Å². The van der Waals surface area contributed by atoms with Gasteiger partial charge in [-0.1, -0.05) is 51.2 Å². The van der Waals surface area contributed by atoms with Crippen LogP contribution in [-0.4, -0.2) is 11.2 Å². The van der Waals surface area contributed by atoms with Gasteiger partial charge in [-0.15, -0.1) is 0 Å². The van der Waals surface area contributed by atoms with Crippen molar-refractivity contribution >= 4 is 10.9 Å². The zero-order valence-corrected chi connectivity index (χ0v) is 16.7. The molecule has 0 spiro atoms. The zero-order valence-electron chi connectivity index (χ0n) is 16.7. The number of fused-ring (bicyclic) bond motifs is 1. The van der Waals surface area contributed by atoms with Gasteiger partial charge >= 0.3 is 0 Å². The van der Waals surface area contributed by atoms with E-state index in [2.05, 4.69) is 36.6 Å². The van der Waals surface area contributed by atoms with E-state index in [1.54, 1.807) is 0 Å². The van der Waals surface area contributed by atoms with Crippen molar-refractivity contribution in [1.82, 2.24) is 4.57 Å². The van der Waals surface area contributed by atoms with E-state index in [1.165, 1.54) is 43.7 Å². The molecule has 3 rings (SSSR count). The first kappa shape index (κ1) is 19.5. The molecule has 0 bridgehead atoms. The number of unbranched alkanes of at least 4 members (excludes halogenated alkanes) is 5. The molecule has 0 N–H and O–H groups in total. The number of halogens is 1. The van der Waals surface area contributed by atoms with Gasteiger partial charge in [-0.25, -0.2) is 4.39 Å². The third-order valence-electron chi connectivity index (χ3n) is 5.14. The second-order valence-corrected chi connectivity index (χ2v) is 7.43. The standard InChI is InChI=1S/C24H30FNO/c1-4-5-6-7-8-9-14-27-19-11-13-20(23(25)16-19)22-17-26(3)24-15-18(2)10-12-21(22)24/h10-13,15-17H,4-9,14H2,1-3H3. The largest absolute Gasteiger partial charge is 0.493 e. The molecule has 1 aromatic heterocycles. The highest BCUT2D eigenvalue weighted by Crippen LogP contribution is 2.33. The van der Waals surface area contributed by atoms with Gasteiger partial charge in [0.25, 0.3) is 0 Å². The Bertz CT molecular complexity index is 897. The lowest BCUT2D eigenvalue weighted by Gasteiger charge is -2.08. The summed E-state index contributed by atoms with van der Waals surface area (Å²) in [6, 6.07) is 11.5. The van der Waals surface area contributed by atoms with Crippen molar-refractivity contribution in [3.63, 3.8) is 0 Å². The van der Waals surface area contributed by atoms with Crippen LogP contribution < -0.4 is 4.74 Å². The Morgan fingerprint density at radius 2 is 1.70 bits per heavy atom. The number of nitrogens with zero attached hydrogens (tertiary/aromatic N) is 1. The minimum atomic E-state index is -0.233. The highest BCUT2D eigenvalue weighted by Gasteiger charge is 2.13. The number of ether oxygens (including phenoxy) is 1. The van der Waals surface area contributed by atoms with E-state index >= 15 is 0 Å². The monoisotopic (exact) mass is 367 g/mol. The minimum Gasteiger partial charge on any atom is -0.493 e. The molecule has 0 saturated carbocycles. The van der Waals surface area contributed by atoms with Crippen molar-refractivity contribution in [3.8, 4) is 16.9 Å². The molecule has 2 nitrogen and oxygen atoms in total. The smallest absolute Gasteiger partial charge is 0.134 e. The Morgan fingerprint density at radius 3 is 2.48 bits per heavy atom. The number of hydrogen-bond acceptors (Lipinski definition) is 1. The van der Waals surface area contributed by atoms with E-state index in [-0.39, 0.29) is 5.82 Å². The van der Waals surface area contributed by atoms with Gasteiger partial charge in [0.15, 0.2) is 0 Å². The lowest BCUT2D eigenvalue weighted by atomic mass is 10.0. The van der Waals surface area contributed by atoms with E-state index in [0.717, 1.165) is 22.9 Å². The summed E-state index contributed by atoms with van der Waals surface area (Å²) in [6.07, 6.45) is 9.32. The Hall–Kier alpha value is -2.29. The molecule has 3 heteroatoms. The highest BCUT2D eigenvalue weighted by molar-refractivity contribution is 5.96. The number of aromatic nitrogens is 1. The van der Waals surface area contributed by atoms with Gasteiger partial charge in [-0.05, 0) is 37.1 Å². The summed E-state index contributed by atoms with van der Waals surface area (Å²) in [5, 5.41) is 1.07. The van der Waals surface area contributed by atoms with Crippen LogP contribution in [0.5, 0.6) is 5.75 Å². The van der Waals surface area contributed by atoms with Crippen LogP contribution in [0.15, 0.2) is 42.6 Å². The first-order valence-electron chi connectivity index (χ1n) is 10.1. The van der Waals surface area contributed by atoms with E-state index < -0.39 is 0 Å². The Labute approximate surface area is 162 Å². The van der Waals surface area contributed by atoms with Gasteiger partial charge in [0.05, 0.1) is 6.61 Å². The molecule has 1 heterocycles. The normalized spacial score (nSPS) is 11.3. The molecule has 0 aliphatic carbocycles. The molecule has 27 heavy (non-hydrogen) atoms. The molecule has 0 aliphatic rings. The van der Waals surface area contributed by atoms with Crippen LogP contribution in [0.2, 0.25) is 0 Å². The summed E-state index contributed by atoms with van der Waals surface area (Å²) in [5.41, 5.74) is 3.87. The fourth-order valence-electron chi connectivity index (χ4n) is 3.59. The van der Waals surface area contributed by atoms with Crippen molar-refractivity contribution in [3.05, 3.63) is 54.0 Å². The third-order valence-corrected chi connectivity index (χ3v) is 5.14. The lowest BCUT2D eigenvalue weighted by molar-refractivity contribution is 0.303. The number of hydrogen-bond donors (Lipinski definition) is 0. The number of benzene rings is 2. The summed E-state index contributed by atoms with van der Waals surface area (Å²) < 4.78 is 22.6. The molecular weight excluding hydrogens is 337 g/mol. The van der Waals surface area contributed by atoms with E-state index in [4.69, 9.17) is 4.74 Å². The molecular formula is C24H30FNO. The third kappa shape index (κ3) is 4.71. The average molecular weight is 368 g/mol. The van der Waals surface area contributed by atoms with Gasteiger partial charge < -0.3 is 9.30 Å². The molecule has 0 radical (unpaired) electrons. The van der Waals surface area contributed by atoms with Gasteiger partial charge in [0, 0.05) is 41.3 Å². The fourth-order valence-corrected chi connectivity index (χ4v) is 3.59. The number of aryl methyl sites for hydroxylation is 2. The fraction of sp³-hybridized carbons (Fsp3) is 0.417. The molecule has 0 atom stereocenters. The van der Waals surface area contributed by atoms with Gasteiger partial charge in [0.2, 0.25) is 0 Å². The van der Waals surface area contributed by atoms with Crippen molar-refractivity contribution in [2.75, 3.05) is 6.61 Å². The molecule has 0 saturated heterocycles. The zero-order chi connectivity index (χ0) is 19.2. The topological polar surface area (TPSA) is 14.2 Å². The maximum Gasteiger partial charge on any atom is 0.134 e. The first-order valence-corrected chi connectivity index (χ1v) is 10.1. The summed E-state index contributed by atoms with van der Waals surface area (Å²) >= 11 is 0. The first-order chi connectivity index (χ1) is 13.1. The van der Waals surface area contributed by atoms with Crippen LogP contribution in [0.25, 0.3) is 22.0 Å². The minimum absolute atomic E-state index is 0.233. The van der Waals surface area contributed by atoms with Crippen LogP contribution in [0.3, 0.4) is 0 Å². The van der Waals surface area contributed by atoms with Crippen molar-refractivity contribution in [1.29, 1.82) is 0 Å². The summed E-state index contributed by atoms with van der Waals surface area (Å²) in [5.74, 6) is 0.379. The number of rotatable bonds is 9. The predicted molar refractivity (Wildman–Crippen MR) is 112 cm³/mol. The molecule has 0 unspecified atom stereocenters. The van der Waals surface area contributed by atoms with E-state index in [0.29, 0.717) is 17.9 Å². The van der Waals surface area contributed by atoms with Crippen LogP contribution in [0, 0.1) is 12.7 Å². The molecule has 0 fully saturated rings. The molecule has 0 aliphatic heterocycles. The van der Waals surface area contributed by atoms with Crippen LogP contribution in [-0.2, 0) is 7.05 Å². The summed E-state index contributed by atoms with van der Waals surface area (Å²) in [6.45, 7) is 4.95. The molecule has 3 aromatic rings. The van der Waals surface area contributed by atoms with Crippen molar-refractivity contribution in [2.24, 2.45) is 7.05 Å². The second kappa shape index (κ2) is 9.07. The second-order valence-electron chi connectivity index (χ2n) is 7.43. The van der Waals surface area contributed by atoms with Crippen molar-refractivity contribution < 1.29 is 9.13 Å². The maximum atomic E-state index is 14.8. The van der Waals surface area contributed by atoms with E-state index in [9.17, 15) is 4.39 Å². The van der Waals surface area contributed by atoms with Gasteiger partial charge in [-0.3, -0.25) is 0 Å². The summed E-state index contributed by atoms with van der Waals surface area (Å²) in [4.78, 5) is 0. The van der Waals surface area contributed by atoms with Gasteiger partial charge in [0.1, 0.15) is 11.6 Å². The van der Waals surface area contributed by atoms with Crippen LogP contribution >= 0.6 is 0 Å². The maximum absolute atomic E-state index is 14.8. The average Bonchev–Trinajstić information content (AvgIpc) is 2.97. The quantitative estimate of drug-likeness (QED) is 0.370. The Morgan fingerprint density at radius 1 is 0.926 bits per heavy atom. The predicted octanol–water partition coefficient (Wildman–Crippen LogP) is 7.03. The molecule has 2 aromatic carbocycles.